The Morgan fingerprint density at radius 2 is 2.00 bits per heavy atom. The molecule has 0 aliphatic carbocycles. The maximum absolute atomic E-state index is 11.3. The Hall–Kier alpha value is -1.88. The van der Waals surface area contributed by atoms with Crippen LogP contribution in [0.4, 0.5) is 4.79 Å². The second kappa shape index (κ2) is 6.16. The van der Waals surface area contributed by atoms with Crippen molar-refractivity contribution in [3.8, 4) is 0 Å². The number of hydrogen-bond acceptors (Lipinski definition) is 3. The second-order valence-corrected chi connectivity index (χ2v) is 4.13. The molecule has 0 unspecified atom stereocenters. The lowest BCUT2D eigenvalue weighted by atomic mass is 10.1. The molecule has 1 saturated heterocycles. The lowest BCUT2D eigenvalue weighted by Gasteiger charge is -2.25. The summed E-state index contributed by atoms with van der Waals surface area (Å²) in [4.78, 5) is 27.6. The summed E-state index contributed by atoms with van der Waals surface area (Å²) in [5.74, 6) is -0.246. The van der Waals surface area contributed by atoms with Crippen LogP contribution in [0.2, 0.25) is 0 Å². The first-order valence-electron chi connectivity index (χ1n) is 6.04. The maximum Gasteiger partial charge on any atom is 0.347 e. The number of nitrogens with zero attached hydrogens (tertiary/aromatic N) is 1. The van der Waals surface area contributed by atoms with Gasteiger partial charge in [-0.1, -0.05) is 30.3 Å². The van der Waals surface area contributed by atoms with E-state index in [0.717, 1.165) is 12.8 Å². The van der Waals surface area contributed by atoms with Gasteiger partial charge in [-0.25, -0.2) is 9.86 Å². The van der Waals surface area contributed by atoms with Crippen molar-refractivity contribution in [2.45, 2.75) is 19.3 Å². The van der Waals surface area contributed by atoms with Gasteiger partial charge in [0.2, 0.25) is 5.91 Å². The van der Waals surface area contributed by atoms with Gasteiger partial charge in [-0.3, -0.25) is 14.9 Å². The number of nitrogens with one attached hydrogen (secondary N) is 1. The zero-order chi connectivity index (χ0) is 12.8. The van der Waals surface area contributed by atoms with Gasteiger partial charge in [0.05, 0.1) is 13.2 Å². The lowest BCUT2D eigenvalue weighted by Crippen LogP contribution is -2.49. The van der Waals surface area contributed by atoms with E-state index in [9.17, 15) is 9.59 Å². The molecule has 1 aliphatic heterocycles. The number of urea groups is 1. The first kappa shape index (κ1) is 12.6. The van der Waals surface area contributed by atoms with E-state index < -0.39 is 6.03 Å². The topological polar surface area (TPSA) is 58.6 Å². The number of carbonyl (C=O) groups excluding carboxylic acids is 2. The largest absolute Gasteiger partial charge is 0.347 e. The van der Waals surface area contributed by atoms with E-state index in [2.05, 4.69) is 17.4 Å². The average molecular weight is 248 g/mol. The smallest absolute Gasteiger partial charge is 0.276 e. The van der Waals surface area contributed by atoms with Gasteiger partial charge in [-0.2, -0.15) is 0 Å². The Balaban J connectivity index is 1.67. The Morgan fingerprint density at radius 1 is 1.22 bits per heavy atom. The fraction of sp³-hybridized carbons (Fsp3) is 0.385. The predicted octanol–water partition coefficient (Wildman–Crippen LogP) is 1.49. The first-order chi connectivity index (χ1) is 8.75. The SMILES string of the molecule is O=C1CCN(OCCCc2ccccc2)C(=O)N1. The van der Waals surface area contributed by atoms with Crippen molar-refractivity contribution in [1.29, 1.82) is 0 Å². The van der Waals surface area contributed by atoms with E-state index >= 15 is 0 Å². The van der Waals surface area contributed by atoms with Crippen LogP contribution >= 0.6 is 0 Å². The Bertz CT molecular complexity index is 420. The van der Waals surface area contributed by atoms with Gasteiger partial charge in [0.25, 0.3) is 0 Å². The second-order valence-electron chi connectivity index (χ2n) is 4.13. The number of imide groups is 1. The third-order valence-electron chi connectivity index (χ3n) is 2.71. The summed E-state index contributed by atoms with van der Waals surface area (Å²) >= 11 is 0. The summed E-state index contributed by atoms with van der Waals surface area (Å²) in [7, 11) is 0. The predicted molar refractivity (Wildman–Crippen MR) is 65.6 cm³/mol. The molecule has 0 atom stereocenters. The van der Waals surface area contributed by atoms with E-state index in [1.165, 1.54) is 10.6 Å². The molecule has 1 aromatic rings. The molecule has 1 aliphatic rings. The molecule has 96 valence electrons. The van der Waals surface area contributed by atoms with E-state index in [-0.39, 0.29) is 5.91 Å². The highest BCUT2D eigenvalue weighted by molar-refractivity contribution is 5.96. The van der Waals surface area contributed by atoms with E-state index in [1.807, 2.05) is 18.2 Å². The van der Waals surface area contributed by atoms with Gasteiger partial charge in [0.15, 0.2) is 0 Å². The minimum absolute atomic E-state index is 0.246. The Kier molecular flexibility index (Phi) is 4.30. The highest BCUT2D eigenvalue weighted by Crippen LogP contribution is 2.05. The molecule has 18 heavy (non-hydrogen) atoms. The molecular weight excluding hydrogens is 232 g/mol. The molecule has 2 rings (SSSR count). The van der Waals surface area contributed by atoms with Crippen LogP contribution in [-0.2, 0) is 16.1 Å². The number of carbonyl (C=O) groups is 2. The number of hydrogen-bond donors (Lipinski definition) is 1. The molecule has 3 amide bonds. The van der Waals surface area contributed by atoms with Crippen LogP contribution in [0.15, 0.2) is 30.3 Å². The van der Waals surface area contributed by atoms with Crippen LogP contribution in [0.3, 0.4) is 0 Å². The number of amides is 3. The monoisotopic (exact) mass is 248 g/mol. The molecule has 1 N–H and O–H groups in total. The standard InChI is InChI=1S/C13H16N2O3/c16-12-8-9-15(13(17)14-12)18-10-4-7-11-5-2-1-3-6-11/h1-3,5-6H,4,7-10H2,(H,14,16,17). The minimum Gasteiger partial charge on any atom is -0.276 e. The summed E-state index contributed by atoms with van der Waals surface area (Å²) < 4.78 is 0. The fourth-order valence-electron chi connectivity index (χ4n) is 1.77. The molecule has 0 aromatic heterocycles. The van der Waals surface area contributed by atoms with Gasteiger partial charge in [-0.15, -0.1) is 0 Å². The number of benzene rings is 1. The molecule has 0 spiro atoms. The molecule has 1 heterocycles. The number of aryl methyl sites for hydroxylation is 1. The van der Waals surface area contributed by atoms with E-state index in [1.54, 1.807) is 0 Å². The van der Waals surface area contributed by atoms with Crippen LogP contribution in [0.5, 0.6) is 0 Å². The van der Waals surface area contributed by atoms with Crippen LogP contribution in [0.25, 0.3) is 0 Å². The van der Waals surface area contributed by atoms with Crippen LogP contribution in [-0.4, -0.2) is 30.2 Å². The summed E-state index contributed by atoms with van der Waals surface area (Å²) in [6.45, 7) is 0.798. The highest BCUT2D eigenvalue weighted by atomic mass is 16.7. The minimum atomic E-state index is -0.467. The lowest BCUT2D eigenvalue weighted by molar-refractivity contribution is -0.142. The van der Waals surface area contributed by atoms with Gasteiger partial charge < -0.3 is 0 Å². The average Bonchev–Trinajstić information content (AvgIpc) is 2.38. The first-order valence-corrected chi connectivity index (χ1v) is 6.04. The van der Waals surface area contributed by atoms with E-state index in [0.29, 0.717) is 19.6 Å². The van der Waals surface area contributed by atoms with Gasteiger partial charge in [-0.05, 0) is 18.4 Å². The molecule has 1 aromatic carbocycles. The molecule has 5 heteroatoms. The molecule has 0 saturated carbocycles. The van der Waals surface area contributed by atoms with Crippen molar-refractivity contribution in [3.05, 3.63) is 35.9 Å². The molecule has 0 radical (unpaired) electrons. The fourth-order valence-corrected chi connectivity index (χ4v) is 1.77. The van der Waals surface area contributed by atoms with E-state index in [4.69, 9.17) is 4.84 Å². The van der Waals surface area contributed by atoms with Crippen molar-refractivity contribution < 1.29 is 14.4 Å². The highest BCUT2D eigenvalue weighted by Gasteiger charge is 2.23. The van der Waals surface area contributed by atoms with Crippen LogP contribution in [0, 0.1) is 0 Å². The van der Waals surface area contributed by atoms with Gasteiger partial charge in [0.1, 0.15) is 0 Å². The van der Waals surface area contributed by atoms with Crippen molar-refractivity contribution in [2.24, 2.45) is 0 Å². The summed E-state index contributed by atoms with van der Waals surface area (Å²) in [5, 5.41) is 3.43. The molecule has 0 bridgehead atoms. The maximum atomic E-state index is 11.3. The molecule has 1 fully saturated rings. The Labute approximate surface area is 106 Å². The third-order valence-corrected chi connectivity index (χ3v) is 2.71. The number of rotatable bonds is 5. The molecule has 5 nitrogen and oxygen atoms in total. The normalized spacial score (nSPS) is 15.7. The van der Waals surface area contributed by atoms with Crippen LogP contribution in [0.1, 0.15) is 18.4 Å². The van der Waals surface area contributed by atoms with Gasteiger partial charge in [0, 0.05) is 6.42 Å². The quantitative estimate of drug-likeness (QED) is 0.803. The molecular formula is C13H16N2O3. The van der Waals surface area contributed by atoms with Crippen molar-refractivity contribution in [2.75, 3.05) is 13.2 Å². The summed E-state index contributed by atoms with van der Waals surface area (Å²) in [5.41, 5.74) is 1.25. The zero-order valence-electron chi connectivity index (χ0n) is 10.1. The van der Waals surface area contributed by atoms with Crippen LogP contribution < -0.4 is 5.32 Å². The zero-order valence-corrected chi connectivity index (χ0v) is 10.1. The third kappa shape index (κ3) is 3.56. The Morgan fingerprint density at radius 3 is 2.72 bits per heavy atom. The summed E-state index contributed by atoms with van der Waals surface area (Å²) in [6, 6.07) is 9.64. The van der Waals surface area contributed by atoms with Crippen molar-refractivity contribution in [3.63, 3.8) is 0 Å². The summed E-state index contributed by atoms with van der Waals surface area (Å²) in [6.07, 6.45) is 2.04. The van der Waals surface area contributed by atoms with Crippen molar-refractivity contribution in [1.82, 2.24) is 10.4 Å². The number of hydroxylamine groups is 2. The van der Waals surface area contributed by atoms with Crippen molar-refractivity contribution >= 4 is 11.9 Å². The van der Waals surface area contributed by atoms with Gasteiger partial charge >= 0.3 is 6.03 Å².